The van der Waals surface area contributed by atoms with E-state index in [0.717, 1.165) is 20.3 Å². The van der Waals surface area contributed by atoms with Gasteiger partial charge in [0.25, 0.3) is 0 Å². The Morgan fingerprint density at radius 1 is 1.02 bits per heavy atom. The molecule has 0 bridgehead atoms. The monoisotopic (exact) mass is 720 g/mol. The fraction of sp³-hybridized carbons (Fsp3) is 0.429. The molecule has 4 aromatic rings. The van der Waals surface area contributed by atoms with Gasteiger partial charge in [-0.1, -0.05) is 32.4 Å². The third-order valence-corrected chi connectivity index (χ3v) is 12.2. The van der Waals surface area contributed by atoms with Gasteiger partial charge in [0, 0.05) is 16.8 Å². The van der Waals surface area contributed by atoms with Crippen molar-refractivity contribution < 1.29 is 40.3 Å². The normalized spacial score (nSPS) is 13.4. The standard InChI is InChI=1S/C28H31ClF6N8O4Si/c1-26(2,3)48(4,5)47-20(28(33,34)35)13-41-22(17-8-10-18(29)11-9-17)40-42(25(41)45)14-21-37-16-43(39-21)23-19(7-6-12-36-23)38-24(44)46-15-27(30,31)32/h6-12,16,20H,13-15H2,1-5H3,(H,38,44)/t20-/m0/s1. The molecule has 3 aromatic heterocycles. The molecule has 1 amide bonds. The first-order chi connectivity index (χ1) is 22.1. The zero-order chi connectivity index (χ0) is 35.7. The lowest BCUT2D eigenvalue weighted by Crippen LogP contribution is -2.50. The van der Waals surface area contributed by atoms with Crippen LogP contribution in [0.2, 0.25) is 23.2 Å². The molecule has 20 heteroatoms. The summed E-state index contributed by atoms with van der Waals surface area (Å²) in [6, 6.07) is 8.73. The summed E-state index contributed by atoms with van der Waals surface area (Å²) in [5.74, 6) is -0.181. The van der Waals surface area contributed by atoms with Crippen LogP contribution in [0.3, 0.4) is 0 Å². The van der Waals surface area contributed by atoms with Gasteiger partial charge in [-0.05, 0) is 54.5 Å². The molecular formula is C28H31ClF6N8O4Si. The molecule has 0 aliphatic carbocycles. The summed E-state index contributed by atoms with van der Waals surface area (Å²) in [7, 11) is -2.96. The molecule has 0 unspecified atom stereocenters. The molecule has 1 N–H and O–H groups in total. The minimum atomic E-state index is -4.82. The Kier molecular flexibility index (Phi) is 10.5. The summed E-state index contributed by atoms with van der Waals surface area (Å²) in [4.78, 5) is 33.8. The Bertz CT molecular complexity index is 1800. The van der Waals surface area contributed by atoms with Gasteiger partial charge in [0.15, 0.2) is 38.5 Å². The van der Waals surface area contributed by atoms with Gasteiger partial charge < -0.3 is 9.16 Å². The number of ether oxygens (including phenoxy) is 1. The Balaban J connectivity index is 1.67. The summed E-state index contributed by atoms with van der Waals surface area (Å²) in [6.45, 7) is 5.64. The number of pyridine rings is 1. The van der Waals surface area contributed by atoms with Gasteiger partial charge in [0.1, 0.15) is 12.9 Å². The zero-order valence-corrected chi connectivity index (χ0v) is 28.0. The van der Waals surface area contributed by atoms with Crippen molar-refractivity contribution in [3.05, 3.63) is 70.3 Å². The minimum absolute atomic E-state index is 0.0365. The highest BCUT2D eigenvalue weighted by Crippen LogP contribution is 2.40. The van der Waals surface area contributed by atoms with Crippen molar-refractivity contribution >= 4 is 31.7 Å². The lowest BCUT2D eigenvalue weighted by atomic mass is 10.2. The molecular weight excluding hydrogens is 690 g/mol. The van der Waals surface area contributed by atoms with Crippen LogP contribution < -0.4 is 11.0 Å². The second-order valence-corrected chi connectivity index (χ2v) is 17.3. The molecule has 0 aliphatic heterocycles. The SMILES string of the molecule is CC(C)(C)[Si](C)(C)O[C@@H](Cn1c(-c2ccc(Cl)cc2)nn(Cc2ncn(-c3ncccc3NC(=O)OCC(F)(F)F)n2)c1=O)C(F)(F)F. The van der Waals surface area contributed by atoms with Crippen molar-refractivity contribution in [2.24, 2.45) is 0 Å². The molecule has 4 rings (SSSR count). The first-order valence-corrected chi connectivity index (χ1v) is 17.5. The van der Waals surface area contributed by atoms with E-state index in [2.05, 4.69) is 30.2 Å². The van der Waals surface area contributed by atoms with Crippen LogP contribution in [0.15, 0.2) is 53.7 Å². The van der Waals surface area contributed by atoms with Crippen LogP contribution in [-0.2, 0) is 22.3 Å². The van der Waals surface area contributed by atoms with Crippen molar-refractivity contribution in [2.75, 3.05) is 11.9 Å². The van der Waals surface area contributed by atoms with Crippen LogP contribution >= 0.6 is 11.6 Å². The molecule has 1 atom stereocenters. The van der Waals surface area contributed by atoms with Crippen molar-refractivity contribution in [2.45, 2.75) is 70.4 Å². The van der Waals surface area contributed by atoms with E-state index in [-0.39, 0.29) is 23.2 Å². The van der Waals surface area contributed by atoms with Crippen LogP contribution in [0.4, 0.5) is 36.8 Å². The number of rotatable bonds is 10. The first-order valence-electron chi connectivity index (χ1n) is 14.2. The largest absolute Gasteiger partial charge is 0.440 e. The molecule has 0 aliphatic rings. The van der Waals surface area contributed by atoms with Gasteiger partial charge >= 0.3 is 24.1 Å². The number of nitrogens with zero attached hydrogens (tertiary/aromatic N) is 7. The number of hydrogen-bond acceptors (Lipinski definition) is 8. The fourth-order valence-electron chi connectivity index (χ4n) is 4.00. The van der Waals surface area contributed by atoms with Crippen LogP contribution in [0, 0.1) is 0 Å². The Morgan fingerprint density at radius 3 is 2.29 bits per heavy atom. The predicted molar refractivity (Wildman–Crippen MR) is 164 cm³/mol. The number of anilines is 1. The second kappa shape index (κ2) is 13.7. The molecule has 260 valence electrons. The number of nitrogens with one attached hydrogen (secondary N) is 1. The van der Waals surface area contributed by atoms with E-state index in [1.807, 2.05) is 0 Å². The number of halogens is 7. The molecule has 48 heavy (non-hydrogen) atoms. The lowest BCUT2D eigenvalue weighted by molar-refractivity contribution is -0.202. The average molecular weight is 721 g/mol. The van der Waals surface area contributed by atoms with Crippen molar-refractivity contribution in [1.82, 2.24) is 34.1 Å². The molecule has 3 heterocycles. The molecule has 0 saturated carbocycles. The number of carbonyl (C=O) groups excluding carboxylic acids is 1. The molecule has 0 spiro atoms. The van der Waals surface area contributed by atoms with Gasteiger partial charge in [0.05, 0.1) is 12.2 Å². The van der Waals surface area contributed by atoms with E-state index in [9.17, 15) is 35.9 Å². The summed E-state index contributed by atoms with van der Waals surface area (Å²) in [5.41, 5.74) is -0.673. The third kappa shape index (κ3) is 9.01. The van der Waals surface area contributed by atoms with Crippen molar-refractivity contribution in [3.63, 3.8) is 0 Å². The molecule has 0 fully saturated rings. The summed E-state index contributed by atoms with van der Waals surface area (Å²) in [6.07, 6.45) is -10.8. The van der Waals surface area contributed by atoms with Crippen molar-refractivity contribution in [1.29, 1.82) is 0 Å². The molecule has 0 radical (unpaired) electrons. The minimum Gasteiger partial charge on any atom is -0.440 e. The number of alkyl halides is 6. The third-order valence-electron chi connectivity index (χ3n) is 7.42. The second-order valence-electron chi connectivity index (χ2n) is 12.1. The first kappa shape index (κ1) is 36.6. The lowest BCUT2D eigenvalue weighted by Gasteiger charge is -2.39. The maximum absolute atomic E-state index is 14.4. The van der Waals surface area contributed by atoms with Crippen LogP contribution in [-0.4, -0.2) is 73.6 Å². The van der Waals surface area contributed by atoms with E-state index >= 15 is 0 Å². The van der Waals surface area contributed by atoms with Gasteiger partial charge in [-0.2, -0.15) is 26.3 Å². The highest BCUT2D eigenvalue weighted by Gasteiger charge is 2.48. The fourth-order valence-corrected chi connectivity index (χ4v) is 5.40. The average Bonchev–Trinajstić information content (AvgIpc) is 3.55. The highest BCUT2D eigenvalue weighted by atomic mass is 35.5. The number of benzene rings is 1. The quantitative estimate of drug-likeness (QED) is 0.146. The summed E-state index contributed by atoms with van der Waals surface area (Å²) < 4.78 is 93.2. The van der Waals surface area contributed by atoms with Crippen LogP contribution in [0.25, 0.3) is 17.2 Å². The number of carbonyl (C=O) groups is 1. The van der Waals surface area contributed by atoms with Crippen molar-refractivity contribution in [3.8, 4) is 17.2 Å². The summed E-state index contributed by atoms with van der Waals surface area (Å²) >= 11 is 6.01. The molecule has 12 nitrogen and oxygen atoms in total. The van der Waals surface area contributed by atoms with E-state index in [1.165, 1.54) is 42.6 Å². The number of aromatic nitrogens is 7. The van der Waals surface area contributed by atoms with E-state index in [1.54, 1.807) is 33.9 Å². The smallest absolute Gasteiger partial charge is 0.422 e. The predicted octanol–water partition coefficient (Wildman–Crippen LogP) is 6.45. The zero-order valence-electron chi connectivity index (χ0n) is 26.2. The van der Waals surface area contributed by atoms with Gasteiger partial charge in [0.2, 0.25) is 0 Å². The van der Waals surface area contributed by atoms with E-state index in [0.29, 0.717) is 10.6 Å². The van der Waals surface area contributed by atoms with Crippen LogP contribution in [0.1, 0.15) is 26.6 Å². The van der Waals surface area contributed by atoms with Gasteiger partial charge in [-0.15, -0.1) is 10.2 Å². The Labute approximate surface area is 275 Å². The number of hydrogen-bond donors (Lipinski definition) is 1. The van der Waals surface area contributed by atoms with Gasteiger partial charge in [-0.3, -0.25) is 9.88 Å². The summed E-state index contributed by atoms with van der Waals surface area (Å²) in [5, 5.41) is 10.5. The van der Waals surface area contributed by atoms with Crippen LogP contribution in [0.5, 0.6) is 0 Å². The molecule has 1 aromatic carbocycles. The van der Waals surface area contributed by atoms with E-state index < -0.39 is 63.3 Å². The van der Waals surface area contributed by atoms with E-state index in [4.69, 9.17) is 16.0 Å². The maximum atomic E-state index is 14.4. The maximum Gasteiger partial charge on any atom is 0.422 e. The Morgan fingerprint density at radius 2 is 1.69 bits per heavy atom. The number of amides is 1. The van der Waals surface area contributed by atoms with Gasteiger partial charge in [-0.25, -0.2) is 28.9 Å². The highest BCUT2D eigenvalue weighted by molar-refractivity contribution is 6.74. The Hall–Kier alpha value is -4.23. The topological polar surface area (TPSA) is 131 Å². The molecule has 0 saturated heterocycles.